The Bertz CT molecular complexity index is 318. The van der Waals surface area contributed by atoms with Crippen molar-refractivity contribution in [3.63, 3.8) is 0 Å². The maximum atomic E-state index is 8.91. The number of aliphatic hydroxyl groups excluding tert-OH is 1. The molecule has 0 radical (unpaired) electrons. The fraction of sp³-hybridized carbons (Fsp3) is 0.538. The second-order valence-electron chi connectivity index (χ2n) is 4.48. The minimum absolute atomic E-state index is 0.348. The van der Waals surface area contributed by atoms with Gasteiger partial charge >= 0.3 is 0 Å². The molecule has 1 aliphatic heterocycles. The lowest BCUT2D eigenvalue weighted by Crippen LogP contribution is -2.48. The summed E-state index contributed by atoms with van der Waals surface area (Å²) < 4.78 is 0. The molecular weight excluding hydrogens is 186 g/mol. The Kier molecular flexibility index (Phi) is 3.39. The molecule has 2 nitrogen and oxygen atoms in total. The van der Waals surface area contributed by atoms with Gasteiger partial charge in [0.15, 0.2) is 0 Å². The van der Waals surface area contributed by atoms with E-state index < -0.39 is 0 Å². The Labute approximate surface area is 91.5 Å². The summed E-state index contributed by atoms with van der Waals surface area (Å²) in [5.74, 6) is 0.530. The molecule has 1 N–H and O–H groups in total. The fourth-order valence-electron chi connectivity index (χ4n) is 2.14. The van der Waals surface area contributed by atoms with Gasteiger partial charge in [0.1, 0.15) is 0 Å². The number of aliphatic hydroxyl groups is 1. The first-order valence-electron chi connectivity index (χ1n) is 5.67. The minimum Gasteiger partial charge on any atom is -0.396 e. The zero-order valence-corrected chi connectivity index (χ0v) is 9.32. The largest absolute Gasteiger partial charge is 0.396 e. The van der Waals surface area contributed by atoms with Gasteiger partial charge < -0.3 is 10.0 Å². The number of benzene rings is 1. The number of likely N-dealkylation sites (tertiary alicyclic amines) is 1. The average Bonchev–Trinajstić information content (AvgIpc) is 2.18. The van der Waals surface area contributed by atoms with Crippen molar-refractivity contribution in [3.8, 4) is 0 Å². The van der Waals surface area contributed by atoms with Gasteiger partial charge in [-0.15, -0.1) is 0 Å². The van der Waals surface area contributed by atoms with Gasteiger partial charge in [0.25, 0.3) is 0 Å². The Morgan fingerprint density at radius 2 is 2.07 bits per heavy atom. The highest BCUT2D eigenvalue weighted by molar-refractivity contribution is 5.25. The molecule has 1 aromatic rings. The summed E-state index contributed by atoms with van der Waals surface area (Å²) in [7, 11) is 0. The fourth-order valence-corrected chi connectivity index (χ4v) is 2.14. The van der Waals surface area contributed by atoms with E-state index >= 15 is 0 Å². The summed E-state index contributed by atoms with van der Waals surface area (Å²) in [5, 5.41) is 8.91. The highest BCUT2D eigenvalue weighted by Gasteiger charge is 2.24. The van der Waals surface area contributed by atoms with E-state index in [4.69, 9.17) is 5.11 Å². The molecule has 82 valence electrons. The Morgan fingerprint density at radius 3 is 2.73 bits per heavy atom. The second-order valence-corrected chi connectivity index (χ2v) is 4.48. The molecule has 0 spiro atoms. The van der Waals surface area contributed by atoms with E-state index in [-0.39, 0.29) is 0 Å². The van der Waals surface area contributed by atoms with Crippen LogP contribution in [0.3, 0.4) is 0 Å². The molecule has 0 saturated carbocycles. The first-order chi connectivity index (χ1) is 7.29. The van der Waals surface area contributed by atoms with Gasteiger partial charge in [0, 0.05) is 32.2 Å². The van der Waals surface area contributed by atoms with Crippen molar-refractivity contribution in [3.05, 3.63) is 35.4 Å². The molecule has 1 aromatic carbocycles. The Balaban J connectivity index is 1.77. The number of rotatable bonds is 4. The van der Waals surface area contributed by atoms with E-state index in [9.17, 15) is 0 Å². The van der Waals surface area contributed by atoms with Crippen LogP contribution in [0.2, 0.25) is 0 Å². The van der Waals surface area contributed by atoms with E-state index in [0.29, 0.717) is 12.5 Å². The van der Waals surface area contributed by atoms with E-state index in [1.807, 2.05) is 0 Å². The van der Waals surface area contributed by atoms with Crippen LogP contribution in [0.15, 0.2) is 24.3 Å². The molecule has 0 atom stereocenters. The lowest BCUT2D eigenvalue weighted by molar-refractivity contribution is 0.0550. The van der Waals surface area contributed by atoms with Gasteiger partial charge in [-0.05, 0) is 24.5 Å². The van der Waals surface area contributed by atoms with Crippen LogP contribution in [-0.4, -0.2) is 36.2 Å². The topological polar surface area (TPSA) is 23.5 Å². The van der Waals surface area contributed by atoms with Gasteiger partial charge in [0.2, 0.25) is 0 Å². The molecule has 2 rings (SSSR count). The van der Waals surface area contributed by atoms with Gasteiger partial charge in [-0.1, -0.05) is 24.3 Å². The van der Waals surface area contributed by atoms with Crippen molar-refractivity contribution < 1.29 is 5.11 Å². The van der Waals surface area contributed by atoms with Gasteiger partial charge in [-0.25, -0.2) is 0 Å². The zero-order valence-electron chi connectivity index (χ0n) is 9.32. The number of hydrogen-bond acceptors (Lipinski definition) is 2. The standard InChI is InChI=1S/C13H19NO/c1-11-4-2-3-5-13(11)6-7-14-8-12(9-14)10-15/h2-5,12,15H,6-10H2,1H3. The summed E-state index contributed by atoms with van der Waals surface area (Å²) >= 11 is 0. The molecule has 2 heteroatoms. The maximum Gasteiger partial charge on any atom is 0.0483 e. The predicted molar refractivity (Wildman–Crippen MR) is 61.9 cm³/mol. The van der Waals surface area contributed by atoms with Crippen molar-refractivity contribution in [2.75, 3.05) is 26.2 Å². The van der Waals surface area contributed by atoms with Gasteiger partial charge in [-0.3, -0.25) is 0 Å². The number of nitrogens with zero attached hydrogens (tertiary/aromatic N) is 1. The first-order valence-corrected chi connectivity index (χ1v) is 5.67. The molecular formula is C13H19NO. The second kappa shape index (κ2) is 4.77. The average molecular weight is 205 g/mol. The van der Waals surface area contributed by atoms with Crippen molar-refractivity contribution in [2.24, 2.45) is 5.92 Å². The lowest BCUT2D eigenvalue weighted by atomic mass is 9.99. The van der Waals surface area contributed by atoms with Crippen LogP contribution < -0.4 is 0 Å². The molecule has 1 fully saturated rings. The molecule has 0 aliphatic carbocycles. The highest BCUT2D eigenvalue weighted by atomic mass is 16.3. The van der Waals surface area contributed by atoms with E-state index in [1.54, 1.807) is 0 Å². The first kappa shape index (κ1) is 10.7. The van der Waals surface area contributed by atoms with Crippen LogP contribution in [0.25, 0.3) is 0 Å². The summed E-state index contributed by atoms with van der Waals surface area (Å²) in [6, 6.07) is 8.57. The van der Waals surface area contributed by atoms with Crippen LogP contribution in [0, 0.1) is 12.8 Å². The van der Waals surface area contributed by atoms with E-state index in [2.05, 4.69) is 36.1 Å². The summed E-state index contributed by atoms with van der Waals surface area (Å²) in [6.07, 6.45) is 1.13. The van der Waals surface area contributed by atoms with Gasteiger partial charge in [0.05, 0.1) is 0 Å². The zero-order chi connectivity index (χ0) is 10.7. The predicted octanol–water partition coefficient (Wildman–Crippen LogP) is 1.46. The maximum absolute atomic E-state index is 8.91. The molecule has 1 saturated heterocycles. The minimum atomic E-state index is 0.348. The quantitative estimate of drug-likeness (QED) is 0.804. The Morgan fingerprint density at radius 1 is 1.33 bits per heavy atom. The summed E-state index contributed by atoms with van der Waals surface area (Å²) in [5.41, 5.74) is 2.83. The van der Waals surface area contributed by atoms with Crippen molar-refractivity contribution in [1.29, 1.82) is 0 Å². The third-order valence-corrected chi connectivity index (χ3v) is 3.25. The van der Waals surface area contributed by atoms with Crippen molar-refractivity contribution in [2.45, 2.75) is 13.3 Å². The third kappa shape index (κ3) is 2.58. The number of aryl methyl sites for hydroxylation is 1. The molecule has 1 heterocycles. The Hall–Kier alpha value is -0.860. The van der Waals surface area contributed by atoms with Crippen LogP contribution in [0.1, 0.15) is 11.1 Å². The number of hydrogen-bond donors (Lipinski definition) is 1. The van der Waals surface area contributed by atoms with Crippen LogP contribution >= 0.6 is 0 Å². The molecule has 0 amide bonds. The van der Waals surface area contributed by atoms with Crippen LogP contribution in [-0.2, 0) is 6.42 Å². The molecule has 0 unspecified atom stereocenters. The lowest BCUT2D eigenvalue weighted by Gasteiger charge is -2.38. The third-order valence-electron chi connectivity index (χ3n) is 3.25. The summed E-state index contributed by atoms with van der Waals surface area (Å²) in [6.45, 7) is 5.79. The van der Waals surface area contributed by atoms with Crippen LogP contribution in [0.4, 0.5) is 0 Å². The highest BCUT2D eigenvalue weighted by Crippen LogP contribution is 2.16. The van der Waals surface area contributed by atoms with Crippen molar-refractivity contribution >= 4 is 0 Å². The molecule has 0 bridgehead atoms. The van der Waals surface area contributed by atoms with Crippen LogP contribution in [0.5, 0.6) is 0 Å². The van der Waals surface area contributed by atoms with E-state index in [0.717, 1.165) is 26.1 Å². The van der Waals surface area contributed by atoms with E-state index in [1.165, 1.54) is 11.1 Å². The molecule has 15 heavy (non-hydrogen) atoms. The normalized spacial score (nSPS) is 17.7. The molecule has 0 aromatic heterocycles. The van der Waals surface area contributed by atoms with Gasteiger partial charge in [-0.2, -0.15) is 0 Å². The van der Waals surface area contributed by atoms with Crippen molar-refractivity contribution in [1.82, 2.24) is 4.90 Å². The SMILES string of the molecule is Cc1ccccc1CCN1CC(CO)C1. The smallest absolute Gasteiger partial charge is 0.0483 e. The monoisotopic (exact) mass is 205 g/mol. The molecule has 1 aliphatic rings. The summed E-state index contributed by atoms with van der Waals surface area (Å²) in [4.78, 5) is 2.41.